The number of carbonyl (C=O) groups excluding carboxylic acids is 7. The van der Waals surface area contributed by atoms with E-state index in [-0.39, 0.29) is 0 Å². The van der Waals surface area contributed by atoms with Gasteiger partial charge >= 0.3 is 41.8 Å². The maximum Gasteiger partial charge on any atom is 0.303 e. The van der Waals surface area contributed by atoms with E-state index in [1.807, 2.05) is 0 Å². The van der Waals surface area contributed by atoms with Crippen molar-refractivity contribution in [3.8, 4) is 0 Å². The van der Waals surface area contributed by atoms with E-state index in [0.29, 0.717) is 0 Å². The Balaban J connectivity index is 3.70. The molecule has 0 saturated heterocycles. The summed E-state index contributed by atoms with van der Waals surface area (Å²) in [5.41, 5.74) is -2.22. The van der Waals surface area contributed by atoms with E-state index in [9.17, 15) is 33.6 Å². The highest BCUT2D eigenvalue weighted by Crippen LogP contribution is 2.43. The second-order valence-corrected chi connectivity index (χ2v) is 8.29. The van der Waals surface area contributed by atoms with Crippen LogP contribution < -0.4 is 0 Å². The van der Waals surface area contributed by atoms with Gasteiger partial charge in [-0.15, -0.1) is 0 Å². The first-order valence-electron chi connectivity index (χ1n) is 11.4. The predicted octanol–water partition coefficient (Wildman–Crippen LogP) is -0.460. The predicted molar refractivity (Wildman–Crippen MR) is 120 cm³/mol. The Morgan fingerprint density at radius 3 is 1.50 bits per heavy atom. The molecule has 1 rings (SSSR count). The maximum absolute atomic E-state index is 12.2. The van der Waals surface area contributed by atoms with Gasteiger partial charge in [-0.05, 0) is 0 Å². The molecule has 0 amide bonds. The molecule has 0 aliphatic heterocycles. The Morgan fingerprint density at radius 2 is 1.08 bits per heavy atom. The van der Waals surface area contributed by atoms with Crippen LogP contribution in [-0.4, -0.2) is 97.7 Å². The highest BCUT2D eigenvalue weighted by molar-refractivity contribution is 5.71. The molecule has 1 saturated carbocycles. The lowest BCUT2D eigenvalue weighted by Gasteiger charge is -2.38. The van der Waals surface area contributed by atoms with Crippen LogP contribution in [0.15, 0.2) is 0 Å². The summed E-state index contributed by atoms with van der Waals surface area (Å²) in [7, 11) is 0. The quantitative estimate of drug-likeness (QED) is 0.224. The Hall–Kier alpha value is -3.75. The number of ether oxygens (including phenoxy) is 8. The summed E-state index contributed by atoms with van der Waals surface area (Å²) in [4.78, 5) is 82.8. The van der Waals surface area contributed by atoms with Gasteiger partial charge in [0, 0.05) is 48.5 Å². The number of rotatable bonds is 12. The lowest BCUT2D eigenvalue weighted by atomic mass is 9.96. The Bertz CT molecular complexity index is 928. The molecule has 1 aliphatic carbocycles. The van der Waals surface area contributed by atoms with Crippen LogP contribution in [0.5, 0.6) is 0 Å². The van der Waals surface area contributed by atoms with Crippen LogP contribution in [0.25, 0.3) is 0 Å². The van der Waals surface area contributed by atoms with E-state index in [1.165, 1.54) is 0 Å². The summed E-state index contributed by atoms with van der Waals surface area (Å²) in [5.74, 6) is -5.91. The summed E-state index contributed by atoms with van der Waals surface area (Å²) >= 11 is 0. The largest absolute Gasteiger partial charge is 0.462 e. The zero-order chi connectivity index (χ0) is 29.2. The summed E-state index contributed by atoms with van der Waals surface area (Å²) < 4.78 is 42.5. The van der Waals surface area contributed by atoms with Crippen molar-refractivity contribution in [2.24, 2.45) is 0 Å². The minimum absolute atomic E-state index is 0.439. The normalized spacial score (nSPS) is 24.8. The Kier molecular flexibility index (Phi) is 12.1. The molecule has 0 radical (unpaired) electrons. The van der Waals surface area contributed by atoms with Gasteiger partial charge in [0.15, 0.2) is 24.4 Å². The number of hydrogen-bond acceptors (Lipinski definition) is 15. The minimum Gasteiger partial charge on any atom is -0.462 e. The van der Waals surface area contributed by atoms with Gasteiger partial charge in [-0.25, -0.2) is 0 Å². The first kappa shape index (κ1) is 32.3. The summed E-state index contributed by atoms with van der Waals surface area (Å²) in [6.07, 6.45) is -7.69. The Labute approximate surface area is 218 Å². The highest BCUT2D eigenvalue weighted by atomic mass is 16.7. The fourth-order valence-electron chi connectivity index (χ4n) is 3.85. The molecule has 0 N–H and O–H groups in total. The fourth-order valence-corrected chi connectivity index (χ4v) is 3.85. The van der Waals surface area contributed by atoms with Crippen LogP contribution in [0, 0.1) is 0 Å². The maximum atomic E-state index is 12.2. The molecule has 0 aromatic heterocycles. The molecule has 6 atom stereocenters. The fraction of sp³-hybridized carbons (Fsp3) is 0.696. The van der Waals surface area contributed by atoms with E-state index in [1.54, 1.807) is 0 Å². The molecular formula is C23H32O15. The molecule has 15 nitrogen and oxygen atoms in total. The van der Waals surface area contributed by atoms with Crippen LogP contribution in [0.2, 0.25) is 0 Å². The van der Waals surface area contributed by atoms with Gasteiger partial charge in [0.05, 0.1) is 6.61 Å². The van der Waals surface area contributed by atoms with Crippen LogP contribution in [-0.2, 0) is 71.5 Å². The van der Waals surface area contributed by atoms with E-state index in [0.717, 1.165) is 48.5 Å². The van der Waals surface area contributed by atoms with Gasteiger partial charge in [0.2, 0.25) is 5.60 Å². The average molecular weight is 548 g/mol. The van der Waals surface area contributed by atoms with Crippen molar-refractivity contribution in [1.82, 2.24) is 0 Å². The summed E-state index contributed by atoms with van der Waals surface area (Å²) in [6, 6.07) is 0. The van der Waals surface area contributed by atoms with E-state index >= 15 is 0 Å². The van der Waals surface area contributed by atoms with Crippen LogP contribution in [0.1, 0.15) is 48.5 Å². The summed E-state index contributed by atoms with van der Waals surface area (Å²) in [5, 5.41) is 0. The van der Waals surface area contributed by atoms with Crippen molar-refractivity contribution in [1.29, 1.82) is 0 Å². The molecule has 0 spiro atoms. The zero-order valence-corrected chi connectivity index (χ0v) is 22.1. The highest BCUT2D eigenvalue weighted by Gasteiger charge is 2.70. The van der Waals surface area contributed by atoms with Gasteiger partial charge in [-0.3, -0.25) is 33.6 Å². The molecule has 15 heteroatoms. The molecule has 1 aliphatic rings. The van der Waals surface area contributed by atoms with Gasteiger partial charge in [-0.2, -0.15) is 0 Å². The van der Waals surface area contributed by atoms with Crippen LogP contribution >= 0.6 is 0 Å². The standard InChI is InChI=1S/C23H32O15/c1-11(24)31-8-18(34-13(3)26)9-32-21-19(35-14(4)27)20(36-15(5)28)22(37-16(6)29)23(21,38-17(7)30)10-33-12(2)25/h18-22H,8-10H2,1-7H3/t18?,19-,20-,21+,22-,23-/m1/s1. The molecule has 0 bridgehead atoms. The van der Waals surface area contributed by atoms with Gasteiger partial charge in [-0.1, -0.05) is 0 Å². The summed E-state index contributed by atoms with van der Waals surface area (Å²) in [6.45, 7) is 5.57. The minimum atomic E-state index is -2.22. The number of hydrogen-bond donors (Lipinski definition) is 0. The molecule has 38 heavy (non-hydrogen) atoms. The Morgan fingerprint density at radius 1 is 0.579 bits per heavy atom. The third-order valence-corrected chi connectivity index (χ3v) is 4.88. The van der Waals surface area contributed by atoms with Crippen LogP contribution in [0.4, 0.5) is 0 Å². The van der Waals surface area contributed by atoms with E-state index in [4.69, 9.17) is 37.9 Å². The molecule has 1 fully saturated rings. The second kappa shape index (κ2) is 14.3. The number of esters is 7. The first-order chi connectivity index (χ1) is 17.6. The monoisotopic (exact) mass is 548 g/mol. The molecule has 0 aromatic carbocycles. The lowest BCUT2D eigenvalue weighted by molar-refractivity contribution is -0.223. The third kappa shape index (κ3) is 9.61. The van der Waals surface area contributed by atoms with Crippen molar-refractivity contribution in [3.63, 3.8) is 0 Å². The lowest BCUT2D eigenvalue weighted by Crippen LogP contribution is -2.58. The second-order valence-electron chi connectivity index (χ2n) is 8.29. The first-order valence-corrected chi connectivity index (χ1v) is 11.4. The van der Waals surface area contributed by atoms with Crippen LogP contribution in [0.3, 0.4) is 0 Å². The molecule has 0 aromatic rings. The zero-order valence-electron chi connectivity index (χ0n) is 22.1. The molecule has 214 valence electrons. The van der Waals surface area contributed by atoms with E-state index in [2.05, 4.69) is 0 Å². The van der Waals surface area contributed by atoms with Crippen molar-refractivity contribution >= 4 is 41.8 Å². The van der Waals surface area contributed by atoms with Crippen molar-refractivity contribution in [3.05, 3.63) is 0 Å². The molecule has 1 unspecified atom stereocenters. The topological polar surface area (TPSA) is 193 Å². The molecule has 0 heterocycles. The van der Waals surface area contributed by atoms with Crippen molar-refractivity contribution in [2.45, 2.75) is 84.6 Å². The van der Waals surface area contributed by atoms with E-state index < -0.39 is 97.7 Å². The molecular weight excluding hydrogens is 516 g/mol. The SMILES string of the molecule is CC(=O)OCC(CO[C@H]1[C@H](OC(C)=O)[C@@H](OC(C)=O)[C@@H](OC(C)=O)[C@]1(COC(C)=O)OC(C)=O)OC(C)=O. The van der Waals surface area contributed by atoms with Gasteiger partial charge < -0.3 is 37.9 Å². The smallest absolute Gasteiger partial charge is 0.303 e. The average Bonchev–Trinajstić information content (AvgIpc) is 2.95. The third-order valence-electron chi connectivity index (χ3n) is 4.88. The van der Waals surface area contributed by atoms with Gasteiger partial charge in [0.1, 0.15) is 19.3 Å². The van der Waals surface area contributed by atoms with Gasteiger partial charge in [0.25, 0.3) is 0 Å². The van der Waals surface area contributed by atoms with Crippen molar-refractivity contribution < 1.29 is 71.5 Å². The van der Waals surface area contributed by atoms with Crippen molar-refractivity contribution in [2.75, 3.05) is 19.8 Å². The number of carbonyl (C=O) groups is 7.